The van der Waals surface area contributed by atoms with Gasteiger partial charge in [-0.15, -0.1) is 11.6 Å². The molecule has 0 aliphatic carbocycles. The standard InChI is InChI=1S/C11H13ClN2O2/c1-7-3-4-9(13-8(2)15)5-10(7)14-11(16)6-12/h3-5H,6H2,1-2H3,(H,13,15)(H,14,16). The van der Waals surface area contributed by atoms with Crippen molar-refractivity contribution in [2.24, 2.45) is 0 Å². The second kappa shape index (κ2) is 5.51. The van der Waals surface area contributed by atoms with E-state index < -0.39 is 0 Å². The van der Waals surface area contributed by atoms with Gasteiger partial charge in [0.05, 0.1) is 0 Å². The van der Waals surface area contributed by atoms with Crippen molar-refractivity contribution in [1.82, 2.24) is 0 Å². The number of carbonyl (C=O) groups excluding carboxylic acids is 2. The zero-order valence-corrected chi connectivity index (χ0v) is 9.89. The lowest BCUT2D eigenvalue weighted by Crippen LogP contribution is -2.14. The van der Waals surface area contributed by atoms with Crippen molar-refractivity contribution in [1.29, 1.82) is 0 Å². The molecule has 1 aromatic carbocycles. The van der Waals surface area contributed by atoms with Gasteiger partial charge < -0.3 is 10.6 Å². The fourth-order valence-electron chi connectivity index (χ4n) is 1.22. The molecule has 0 aliphatic heterocycles. The molecular weight excluding hydrogens is 228 g/mol. The largest absolute Gasteiger partial charge is 0.326 e. The quantitative estimate of drug-likeness (QED) is 0.796. The van der Waals surface area contributed by atoms with Crippen LogP contribution in [-0.4, -0.2) is 17.7 Å². The predicted octanol–water partition coefficient (Wildman–Crippen LogP) is 2.13. The first-order chi connectivity index (χ1) is 7.52. The zero-order valence-electron chi connectivity index (χ0n) is 9.13. The predicted molar refractivity (Wildman–Crippen MR) is 64.8 cm³/mol. The fraction of sp³-hybridized carbons (Fsp3) is 0.273. The molecular formula is C11H13ClN2O2. The van der Waals surface area contributed by atoms with Crippen molar-refractivity contribution in [3.8, 4) is 0 Å². The number of alkyl halides is 1. The number of amides is 2. The third-order valence-electron chi connectivity index (χ3n) is 1.95. The SMILES string of the molecule is CC(=O)Nc1ccc(C)c(NC(=O)CCl)c1. The van der Waals surface area contributed by atoms with E-state index in [1.165, 1.54) is 6.92 Å². The Kier molecular flexibility index (Phi) is 4.31. The molecule has 0 fully saturated rings. The maximum absolute atomic E-state index is 11.1. The van der Waals surface area contributed by atoms with Crippen molar-refractivity contribution in [2.45, 2.75) is 13.8 Å². The van der Waals surface area contributed by atoms with E-state index in [1.807, 2.05) is 13.0 Å². The molecule has 0 saturated heterocycles. The smallest absolute Gasteiger partial charge is 0.239 e. The first kappa shape index (κ1) is 12.5. The molecule has 0 radical (unpaired) electrons. The number of nitrogens with one attached hydrogen (secondary N) is 2. The summed E-state index contributed by atoms with van der Waals surface area (Å²) < 4.78 is 0. The van der Waals surface area contributed by atoms with Crippen LogP contribution in [0.25, 0.3) is 0 Å². The maximum Gasteiger partial charge on any atom is 0.239 e. The number of benzene rings is 1. The third kappa shape index (κ3) is 3.55. The summed E-state index contributed by atoms with van der Waals surface area (Å²) >= 11 is 5.40. The molecule has 0 bridgehead atoms. The van der Waals surface area contributed by atoms with Gasteiger partial charge in [0.1, 0.15) is 5.88 Å². The molecule has 0 saturated carbocycles. The molecule has 86 valence electrons. The highest BCUT2D eigenvalue weighted by Crippen LogP contribution is 2.20. The summed E-state index contributed by atoms with van der Waals surface area (Å²) in [4.78, 5) is 22.0. The Morgan fingerprint density at radius 1 is 1.31 bits per heavy atom. The highest BCUT2D eigenvalue weighted by Gasteiger charge is 2.05. The third-order valence-corrected chi connectivity index (χ3v) is 2.20. The number of aryl methyl sites for hydroxylation is 1. The van der Waals surface area contributed by atoms with E-state index in [1.54, 1.807) is 12.1 Å². The molecule has 5 heteroatoms. The van der Waals surface area contributed by atoms with Crippen molar-refractivity contribution in [2.75, 3.05) is 16.5 Å². The average Bonchev–Trinajstić information content (AvgIpc) is 2.22. The molecule has 0 aromatic heterocycles. The number of anilines is 2. The molecule has 0 unspecified atom stereocenters. The van der Waals surface area contributed by atoms with Crippen LogP contribution in [0.4, 0.5) is 11.4 Å². The Morgan fingerprint density at radius 3 is 2.56 bits per heavy atom. The minimum atomic E-state index is -0.273. The van der Waals surface area contributed by atoms with E-state index in [-0.39, 0.29) is 17.7 Å². The van der Waals surface area contributed by atoms with Gasteiger partial charge in [-0.1, -0.05) is 6.07 Å². The van der Waals surface area contributed by atoms with Crippen LogP contribution in [0.3, 0.4) is 0 Å². The summed E-state index contributed by atoms with van der Waals surface area (Å²) in [6.07, 6.45) is 0. The second-order valence-electron chi connectivity index (χ2n) is 3.39. The Labute approximate surface area is 99.0 Å². The van der Waals surface area contributed by atoms with E-state index in [2.05, 4.69) is 10.6 Å². The number of hydrogen-bond donors (Lipinski definition) is 2. The van der Waals surface area contributed by atoms with Crippen LogP contribution in [0.1, 0.15) is 12.5 Å². The summed E-state index contributed by atoms with van der Waals surface area (Å²) in [6, 6.07) is 5.28. The Balaban J connectivity index is 2.90. The molecule has 4 nitrogen and oxygen atoms in total. The van der Waals surface area contributed by atoms with Crippen molar-refractivity contribution in [3.05, 3.63) is 23.8 Å². The van der Waals surface area contributed by atoms with E-state index >= 15 is 0 Å². The Hall–Kier alpha value is -1.55. The highest BCUT2D eigenvalue weighted by atomic mass is 35.5. The van der Waals surface area contributed by atoms with Crippen LogP contribution in [0.5, 0.6) is 0 Å². The van der Waals surface area contributed by atoms with Crippen molar-refractivity contribution >= 4 is 34.8 Å². The van der Waals surface area contributed by atoms with Gasteiger partial charge in [-0.3, -0.25) is 9.59 Å². The monoisotopic (exact) mass is 240 g/mol. The number of rotatable bonds is 3. The van der Waals surface area contributed by atoms with Gasteiger partial charge in [-0.2, -0.15) is 0 Å². The number of halogens is 1. The minimum Gasteiger partial charge on any atom is -0.326 e. The van der Waals surface area contributed by atoms with Crippen molar-refractivity contribution in [3.63, 3.8) is 0 Å². The molecule has 1 aromatic rings. The Bertz CT molecular complexity index is 418. The maximum atomic E-state index is 11.1. The average molecular weight is 241 g/mol. The summed E-state index contributed by atoms with van der Waals surface area (Å²) in [5.41, 5.74) is 2.20. The normalized spacial score (nSPS) is 9.69. The first-order valence-corrected chi connectivity index (χ1v) is 5.30. The van der Waals surface area contributed by atoms with E-state index in [9.17, 15) is 9.59 Å². The van der Waals surface area contributed by atoms with Gasteiger partial charge in [0.15, 0.2) is 0 Å². The second-order valence-corrected chi connectivity index (χ2v) is 3.66. The fourth-order valence-corrected chi connectivity index (χ4v) is 1.29. The summed E-state index contributed by atoms with van der Waals surface area (Å²) in [5, 5.41) is 5.29. The van der Waals surface area contributed by atoms with Gasteiger partial charge in [-0.05, 0) is 24.6 Å². The molecule has 0 atom stereocenters. The van der Waals surface area contributed by atoms with Crippen LogP contribution < -0.4 is 10.6 Å². The van der Waals surface area contributed by atoms with Gasteiger partial charge in [0, 0.05) is 18.3 Å². The molecule has 16 heavy (non-hydrogen) atoms. The first-order valence-electron chi connectivity index (χ1n) is 4.77. The molecule has 1 rings (SSSR count). The summed E-state index contributed by atoms with van der Waals surface area (Å²) in [7, 11) is 0. The lowest BCUT2D eigenvalue weighted by Gasteiger charge is -2.09. The van der Waals surface area contributed by atoms with E-state index in [0.717, 1.165) is 5.56 Å². The lowest BCUT2D eigenvalue weighted by molar-refractivity contribution is -0.114. The van der Waals surface area contributed by atoms with Crippen LogP contribution >= 0.6 is 11.6 Å². The van der Waals surface area contributed by atoms with Gasteiger partial charge in [0.2, 0.25) is 11.8 Å². The topological polar surface area (TPSA) is 58.2 Å². The van der Waals surface area contributed by atoms with E-state index in [0.29, 0.717) is 11.4 Å². The van der Waals surface area contributed by atoms with E-state index in [4.69, 9.17) is 11.6 Å². The van der Waals surface area contributed by atoms with Gasteiger partial charge >= 0.3 is 0 Å². The molecule has 2 amide bonds. The molecule has 0 heterocycles. The molecule has 0 aliphatic rings. The minimum absolute atomic E-state index is 0.0934. The number of carbonyl (C=O) groups is 2. The van der Waals surface area contributed by atoms with Gasteiger partial charge in [-0.25, -0.2) is 0 Å². The van der Waals surface area contributed by atoms with Crippen molar-refractivity contribution < 1.29 is 9.59 Å². The zero-order chi connectivity index (χ0) is 12.1. The van der Waals surface area contributed by atoms with Crippen LogP contribution in [0, 0.1) is 6.92 Å². The van der Waals surface area contributed by atoms with Crippen LogP contribution in [-0.2, 0) is 9.59 Å². The van der Waals surface area contributed by atoms with Crippen LogP contribution in [0.15, 0.2) is 18.2 Å². The number of hydrogen-bond acceptors (Lipinski definition) is 2. The van der Waals surface area contributed by atoms with Crippen LogP contribution in [0.2, 0.25) is 0 Å². The van der Waals surface area contributed by atoms with Gasteiger partial charge in [0.25, 0.3) is 0 Å². The Morgan fingerprint density at radius 2 is 2.00 bits per heavy atom. The summed E-state index contributed by atoms with van der Waals surface area (Å²) in [5.74, 6) is -0.521. The highest BCUT2D eigenvalue weighted by molar-refractivity contribution is 6.29. The summed E-state index contributed by atoms with van der Waals surface area (Å²) in [6.45, 7) is 3.29. The molecule has 0 spiro atoms. The molecule has 2 N–H and O–H groups in total. The lowest BCUT2D eigenvalue weighted by atomic mass is 10.2.